The summed E-state index contributed by atoms with van der Waals surface area (Å²) in [7, 11) is 0. The van der Waals surface area contributed by atoms with Gasteiger partial charge in [0.1, 0.15) is 11.5 Å². The smallest absolute Gasteiger partial charge is 0.153 e. The number of hydrogen-bond donors (Lipinski definition) is 0. The van der Waals surface area contributed by atoms with Crippen molar-refractivity contribution in [1.82, 2.24) is 0 Å². The van der Waals surface area contributed by atoms with Crippen molar-refractivity contribution < 1.29 is 9.53 Å². The SMILES string of the molecule is CCC(C)c1ccccc1Oc1ccccc1C=O. The second kappa shape index (κ2) is 6.19. The van der Waals surface area contributed by atoms with E-state index >= 15 is 0 Å². The monoisotopic (exact) mass is 254 g/mol. The van der Waals surface area contributed by atoms with Crippen LogP contribution in [0.3, 0.4) is 0 Å². The van der Waals surface area contributed by atoms with E-state index in [0.29, 0.717) is 17.2 Å². The van der Waals surface area contributed by atoms with Gasteiger partial charge in [-0.3, -0.25) is 4.79 Å². The van der Waals surface area contributed by atoms with Crippen LogP contribution in [0.15, 0.2) is 48.5 Å². The molecule has 0 aliphatic heterocycles. The molecule has 2 aromatic carbocycles. The first kappa shape index (κ1) is 13.3. The number of aldehydes is 1. The molecule has 0 bridgehead atoms. The minimum Gasteiger partial charge on any atom is -0.456 e. The van der Waals surface area contributed by atoms with Crippen molar-refractivity contribution in [1.29, 1.82) is 0 Å². The van der Waals surface area contributed by atoms with E-state index in [1.165, 1.54) is 5.56 Å². The molecule has 0 fully saturated rings. The van der Waals surface area contributed by atoms with Crippen LogP contribution in [0.5, 0.6) is 11.5 Å². The molecule has 0 aromatic heterocycles. The zero-order valence-electron chi connectivity index (χ0n) is 11.3. The van der Waals surface area contributed by atoms with Crippen molar-refractivity contribution in [2.75, 3.05) is 0 Å². The Hall–Kier alpha value is -2.09. The summed E-state index contributed by atoms with van der Waals surface area (Å²) in [6.07, 6.45) is 1.87. The van der Waals surface area contributed by atoms with Gasteiger partial charge in [-0.2, -0.15) is 0 Å². The van der Waals surface area contributed by atoms with Gasteiger partial charge in [0.25, 0.3) is 0 Å². The minimum absolute atomic E-state index is 0.430. The topological polar surface area (TPSA) is 26.3 Å². The van der Waals surface area contributed by atoms with Crippen LogP contribution in [0.4, 0.5) is 0 Å². The summed E-state index contributed by atoms with van der Waals surface area (Å²) < 4.78 is 5.92. The molecule has 2 nitrogen and oxygen atoms in total. The van der Waals surface area contributed by atoms with Crippen molar-refractivity contribution in [3.05, 3.63) is 59.7 Å². The molecule has 1 unspecified atom stereocenters. The largest absolute Gasteiger partial charge is 0.456 e. The number of carbonyl (C=O) groups is 1. The molecule has 0 radical (unpaired) electrons. The van der Waals surface area contributed by atoms with Gasteiger partial charge < -0.3 is 4.74 Å². The van der Waals surface area contributed by atoms with Crippen LogP contribution < -0.4 is 4.74 Å². The second-order valence-electron chi connectivity index (χ2n) is 4.60. The lowest BCUT2D eigenvalue weighted by molar-refractivity contribution is 0.112. The number of benzene rings is 2. The highest BCUT2D eigenvalue weighted by molar-refractivity contribution is 5.79. The Kier molecular flexibility index (Phi) is 4.35. The average molecular weight is 254 g/mol. The molecule has 1 atom stereocenters. The van der Waals surface area contributed by atoms with Crippen LogP contribution in [-0.2, 0) is 0 Å². The third kappa shape index (κ3) is 3.02. The van der Waals surface area contributed by atoms with Crippen molar-refractivity contribution in [2.24, 2.45) is 0 Å². The lowest BCUT2D eigenvalue weighted by atomic mass is 9.98. The number of rotatable bonds is 5. The van der Waals surface area contributed by atoms with E-state index in [0.717, 1.165) is 18.5 Å². The van der Waals surface area contributed by atoms with E-state index in [9.17, 15) is 4.79 Å². The van der Waals surface area contributed by atoms with Gasteiger partial charge in [-0.1, -0.05) is 44.2 Å². The highest BCUT2D eigenvalue weighted by atomic mass is 16.5. The van der Waals surface area contributed by atoms with Gasteiger partial charge in [-0.25, -0.2) is 0 Å². The third-order valence-electron chi connectivity index (χ3n) is 3.33. The number of ether oxygens (including phenoxy) is 1. The standard InChI is InChI=1S/C17H18O2/c1-3-13(2)15-9-5-7-11-17(15)19-16-10-6-4-8-14(16)12-18/h4-13H,3H2,1-2H3. The molecule has 0 spiro atoms. The lowest BCUT2D eigenvalue weighted by Crippen LogP contribution is -1.97. The molecule has 0 N–H and O–H groups in total. The van der Waals surface area contributed by atoms with Gasteiger partial charge in [0.05, 0.1) is 5.56 Å². The fourth-order valence-corrected chi connectivity index (χ4v) is 1.99. The lowest BCUT2D eigenvalue weighted by Gasteiger charge is -2.16. The molecule has 0 saturated carbocycles. The van der Waals surface area contributed by atoms with Crippen LogP contribution in [0, 0.1) is 0 Å². The highest BCUT2D eigenvalue weighted by Gasteiger charge is 2.11. The summed E-state index contributed by atoms with van der Waals surface area (Å²) in [5, 5.41) is 0. The van der Waals surface area contributed by atoms with Gasteiger partial charge in [0, 0.05) is 0 Å². The van der Waals surface area contributed by atoms with E-state index in [4.69, 9.17) is 4.74 Å². The first-order valence-corrected chi connectivity index (χ1v) is 6.57. The second-order valence-corrected chi connectivity index (χ2v) is 4.60. The molecule has 98 valence electrons. The summed E-state index contributed by atoms with van der Waals surface area (Å²) in [5.74, 6) is 1.86. The molecule has 0 saturated heterocycles. The molecule has 0 heterocycles. The molecule has 0 amide bonds. The van der Waals surface area contributed by atoms with E-state index in [1.54, 1.807) is 6.07 Å². The van der Waals surface area contributed by atoms with E-state index < -0.39 is 0 Å². The molecular formula is C17H18O2. The third-order valence-corrected chi connectivity index (χ3v) is 3.33. The van der Waals surface area contributed by atoms with Gasteiger partial charge in [-0.15, -0.1) is 0 Å². The molecule has 0 aliphatic rings. The van der Waals surface area contributed by atoms with E-state index in [1.807, 2.05) is 36.4 Å². The molecule has 0 aliphatic carbocycles. The Morgan fingerprint density at radius 3 is 2.37 bits per heavy atom. The van der Waals surface area contributed by atoms with Crippen molar-refractivity contribution >= 4 is 6.29 Å². The quantitative estimate of drug-likeness (QED) is 0.716. The van der Waals surface area contributed by atoms with E-state index in [-0.39, 0.29) is 0 Å². The van der Waals surface area contributed by atoms with Crippen molar-refractivity contribution in [3.8, 4) is 11.5 Å². The first-order valence-electron chi connectivity index (χ1n) is 6.57. The van der Waals surface area contributed by atoms with Crippen molar-refractivity contribution in [3.63, 3.8) is 0 Å². The maximum absolute atomic E-state index is 11.0. The summed E-state index contributed by atoms with van der Waals surface area (Å²) in [4.78, 5) is 11.0. The summed E-state index contributed by atoms with van der Waals surface area (Å²) in [6, 6.07) is 15.3. The predicted octanol–water partition coefficient (Wildman–Crippen LogP) is 4.80. The Morgan fingerprint density at radius 2 is 1.68 bits per heavy atom. The van der Waals surface area contributed by atoms with E-state index in [2.05, 4.69) is 19.9 Å². The number of para-hydroxylation sites is 2. The minimum atomic E-state index is 0.430. The van der Waals surface area contributed by atoms with Crippen LogP contribution in [0.1, 0.15) is 42.1 Å². The fraction of sp³-hybridized carbons (Fsp3) is 0.235. The molecule has 2 rings (SSSR count). The number of carbonyl (C=O) groups excluding carboxylic acids is 1. The first-order chi connectivity index (χ1) is 9.26. The average Bonchev–Trinajstić information content (AvgIpc) is 2.47. The zero-order chi connectivity index (χ0) is 13.7. The van der Waals surface area contributed by atoms with Crippen LogP contribution in [0.2, 0.25) is 0 Å². The fourth-order valence-electron chi connectivity index (χ4n) is 1.99. The predicted molar refractivity (Wildman–Crippen MR) is 77.1 cm³/mol. The summed E-state index contributed by atoms with van der Waals surface area (Å²) >= 11 is 0. The highest BCUT2D eigenvalue weighted by Crippen LogP contribution is 2.32. The van der Waals surface area contributed by atoms with Crippen LogP contribution >= 0.6 is 0 Å². The Morgan fingerprint density at radius 1 is 1.05 bits per heavy atom. The normalized spacial score (nSPS) is 11.9. The van der Waals surface area contributed by atoms with Gasteiger partial charge in [0.2, 0.25) is 0 Å². The van der Waals surface area contributed by atoms with Crippen molar-refractivity contribution in [2.45, 2.75) is 26.2 Å². The molecular weight excluding hydrogens is 236 g/mol. The Balaban J connectivity index is 2.35. The van der Waals surface area contributed by atoms with Gasteiger partial charge in [-0.05, 0) is 36.1 Å². The van der Waals surface area contributed by atoms with Crippen LogP contribution in [0.25, 0.3) is 0 Å². The summed E-state index contributed by atoms with van der Waals surface area (Å²) in [5.41, 5.74) is 1.74. The Bertz CT molecular complexity index is 561. The van der Waals surface area contributed by atoms with Crippen LogP contribution in [-0.4, -0.2) is 6.29 Å². The van der Waals surface area contributed by atoms with Gasteiger partial charge in [0.15, 0.2) is 6.29 Å². The molecule has 2 heteroatoms. The number of hydrogen-bond acceptors (Lipinski definition) is 2. The van der Waals surface area contributed by atoms with Gasteiger partial charge >= 0.3 is 0 Å². The molecule has 2 aromatic rings. The molecule has 19 heavy (non-hydrogen) atoms. The maximum Gasteiger partial charge on any atom is 0.153 e. The zero-order valence-corrected chi connectivity index (χ0v) is 11.3. The Labute approximate surface area is 114 Å². The summed E-state index contributed by atoms with van der Waals surface area (Å²) in [6.45, 7) is 4.33. The maximum atomic E-state index is 11.0.